The van der Waals surface area contributed by atoms with Crippen LogP contribution in [0.2, 0.25) is 0 Å². The quantitative estimate of drug-likeness (QED) is 0.509. The van der Waals surface area contributed by atoms with Crippen LogP contribution in [0, 0.1) is 20.8 Å². The fourth-order valence-electron chi connectivity index (χ4n) is 2.71. The maximum Gasteiger partial charge on any atom is 0.417 e. The zero-order valence-corrected chi connectivity index (χ0v) is 15.7. The monoisotopic (exact) mass is 387 g/mol. The summed E-state index contributed by atoms with van der Waals surface area (Å²) < 4.78 is 39.6. The zero-order valence-electron chi connectivity index (χ0n) is 15.7. The average Bonchev–Trinajstić information content (AvgIpc) is 2.90. The average molecular weight is 387 g/mol. The highest BCUT2D eigenvalue weighted by molar-refractivity contribution is 5.83. The first-order valence-electron chi connectivity index (χ1n) is 8.66. The fraction of sp³-hybridized carbons (Fsp3) is 0.250. The van der Waals surface area contributed by atoms with Gasteiger partial charge in [0.1, 0.15) is 5.82 Å². The van der Waals surface area contributed by atoms with Crippen LogP contribution in [0.4, 0.5) is 19.0 Å². The minimum Gasteiger partial charge on any atom is -0.265 e. The molecular weight excluding hydrogens is 367 g/mol. The summed E-state index contributed by atoms with van der Waals surface area (Å²) in [6.45, 7) is 6.52. The van der Waals surface area contributed by atoms with E-state index < -0.39 is 11.7 Å². The molecule has 0 spiro atoms. The SMILES string of the molecule is Cc1ccc(Cn2nc(C)c(/C=N\Nc3ccc(C(F)(F)F)cn3)c2C)cc1. The highest BCUT2D eigenvalue weighted by atomic mass is 19.4. The Labute approximate surface area is 160 Å². The minimum absolute atomic E-state index is 0.228. The summed E-state index contributed by atoms with van der Waals surface area (Å²) in [5.74, 6) is 0.228. The van der Waals surface area contributed by atoms with Crippen LogP contribution in [0.1, 0.15) is 33.6 Å². The summed E-state index contributed by atoms with van der Waals surface area (Å²) in [5.41, 5.74) is 6.81. The predicted octanol–water partition coefficient (Wildman–Crippen LogP) is 4.72. The van der Waals surface area contributed by atoms with Crippen molar-refractivity contribution >= 4 is 12.0 Å². The molecule has 0 saturated heterocycles. The molecule has 2 heterocycles. The summed E-state index contributed by atoms with van der Waals surface area (Å²) in [6.07, 6.45) is -2.04. The lowest BCUT2D eigenvalue weighted by molar-refractivity contribution is -0.137. The van der Waals surface area contributed by atoms with Crippen molar-refractivity contribution in [2.75, 3.05) is 5.43 Å². The molecule has 5 nitrogen and oxygen atoms in total. The van der Waals surface area contributed by atoms with Gasteiger partial charge in [0.25, 0.3) is 0 Å². The molecule has 0 atom stereocenters. The molecule has 1 N–H and O–H groups in total. The Hall–Kier alpha value is -3.16. The summed E-state index contributed by atoms with van der Waals surface area (Å²) in [5, 5.41) is 8.63. The van der Waals surface area contributed by atoms with Crippen LogP contribution in [-0.4, -0.2) is 21.0 Å². The number of halogens is 3. The van der Waals surface area contributed by atoms with E-state index in [-0.39, 0.29) is 5.82 Å². The van der Waals surface area contributed by atoms with Crippen LogP contribution in [0.5, 0.6) is 0 Å². The first-order valence-corrected chi connectivity index (χ1v) is 8.66. The lowest BCUT2D eigenvalue weighted by Gasteiger charge is -2.06. The second kappa shape index (κ2) is 7.84. The largest absolute Gasteiger partial charge is 0.417 e. The number of rotatable bonds is 5. The molecule has 0 aliphatic heterocycles. The number of pyridine rings is 1. The lowest BCUT2D eigenvalue weighted by Crippen LogP contribution is -2.06. The standard InChI is InChI=1S/C20H20F3N5/c1-13-4-6-16(7-5-13)12-28-15(3)18(14(2)27-28)11-25-26-19-9-8-17(10-24-19)20(21,22)23/h4-11H,12H2,1-3H3,(H,24,26)/b25-11-. The van der Waals surface area contributed by atoms with Gasteiger partial charge in [-0.2, -0.15) is 23.4 Å². The molecule has 0 saturated carbocycles. The van der Waals surface area contributed by atoms with Gasteiger partial charge in [-0.05, 0) is 38.5 Å². The van der Waals surface area contributed by atoms with Gasteiger partial charge in [-0.3, -0.25) is 10.1 Å². The van der Waals surface area contributed by atoms with Gasteiger partial charge >= 0.3 is 6.18 Å². The molecule has 0 unspecified atom stereocenters. The molecule has 0 aliphatic rings. The van der Waals surface area contributed by atoms with Crippen molar-refractivity contribution in [3.8, 4) is 0 Å². The number of aromatic nitrogens is 3. The molecule has 1 aromatic carbocycles. The Bertz CT molecular complexity index is 971. The van der Waals surface area contributed by atoms with E-state index in [0.717, 1.165) is 34.8 Å². The van der Waals surface area contributed by atoms with E-state index in [1.807, 2.05) is 25.5 Å². The second-order valence-corrected chi connectivity index (χ2v) is 6.53. The van der Waals surface area contributed by atoms with Crippen LogP contribution in [0.15, 0.2) is 47.7 Å². The number of alkyl halides is 3. The number of nitrogens with zero attached hydrogens (tertiary/aromatic N) is 4. The van der Waals surface area contributed by atoms with E-state index in [2.05, 4.69) is 44.9 Å². The van der Waals surface area contributed by atoms with E-state index in [4.69, 9.17) is 0 Å². The summed E-state index contributed by atoms with van der Waals surface area (Å²) >= 11 is 0. The maximum absolute atomic E-state index is 12.6. The summed E-state index contributed by atoms with van der Waals surface area (Å²) in [4.78, 5) is 3.72. The molecule has 0 bridgehead atoms. The third kappa shape index (κ3) is 4.57. The summed E-state index contributed by atoms with van der Waals surface area (Å²) in [6, 6.07) is 10.4. The summed E-state index contributed by atoms with van der Waals surface area (Å²) in [7, 11) is 0. The van der Waals surface area contributed by atoms with Crippen molar-refractivity contribution < 1.29 is 13.2 Å². The molecule has 146 valence electrons. The van der Waals surface area contributed by atoms with Crippen LogP contribution < -0.4 is 5.43 Å². The van der Waals surface area contributed by atoms with Gasteiger partial charge in [-0.25, -0.2) is 4.98 Å². The number of hydrogen-bond acceptors (Lipinski definition) is 4. The lowest BCUT2D eigenvalue weighted by atomic mass is 10.1. The van der Waals surface area contributed by atoms with Gasteiger partial charge in [0.15, 0.2) is 0 Å². The van der Waals surface area contributed by atoms with E-state index in [9.17, 15) is 13.2 Å². The molecule has 0 fully saturated rings. The molecule has 8 heteroatoms. The van der Waals surface area contributed by atoms with Gasteiger partial charge in [-0.1, -0.05) is 29.8 Å². The van der Waals surface area contributed by atoms with Crippen LogP contribution in [0.25, 0.3) is 0 Å². The number of aryl methyl sites for hydroxylation is 2. The Kier molecular flexibility index (Phi) is 5.48. The van der Waals surface area contributed by atoms with E-state index in [1.54, 1.807) is 6.21 Å². The molecule has 2 aromatic heterocycles. The van der Waals surface area contributed by atoms with Gasteiger partial charge in [0.2, 0.25) is 0 Å². The van der Waals surface area contributed by atoms with Crippen LogP contribution in [-0.2, 0) is 12.7 Å². The Morgan fingerprint density at radius 2 is 1.79 bits per heavy atom. The smallest absolute Gasteiger partial charge is 0.265 e. The van der Waals surface area contributed by atoms with E-state index in [1.165, 1.54) is 11.6 Å². The molecule has 28 heavy (non-hydrogen) atoms. The number of nitrogens with one attached hydrogen (secondary N) is 1. The predicted molar refractivity (Wildman–Crippen MR) is 102 cm³/mol. The van der Waals surface area contributed by atoms with Gasteiger partial charge in [-0.15, -0.1) is 0 Å². The fourth-order valence-corrected chi connectivity index (χ4v) is 2.71. The zero-order chi connectivity index (χ0) is 20.3. The van der Waals surface area contributed by atoms with Crippen LogP contribution in [0.3, 0.4) is 0 Å². The maximum atomic E-state index is 12.6. The first-order chi connectivity index (χ1) is 13.2. The molecule has 0 radical (unpaired) electrons. The number of anilines is 1. The van der Waals surface area contributed by atoms with Gasteiger partial charge in [0, 0.05) is 17.5 Å². The van der Waals surface area contributed by atoms with Crippen molar-refractivity contribution in [2.45, 2.75) is 33.5 Å². The Morgan fingerprint density at radius 3 is 2.39 bits per heavy atom. The van der Waals surface area contributed by atoms with Crippen molar-refractivity contribution in [1.82, 2.24) is 14.8 Å². The number of hydrazone groups is 1. The topological polar surface area (TPSA) is 55.1 Å². The van der Waals surface area contributed by atoms with Crippen molar-refractivity contribution in [1.29, 1.82) is 0 Å². The van der Waals surface area contributed by atoms with Crippen molar-refractivity contribution in [3.63, 3.8) is 0 Å². The molecule has 0 aliphatic carbocycles. The highest BCUT2D eigenvalue weighted by Crippen LogP contribution is 2.28. The van der Waals surface area contributed by atoms with Crippen molar-refractivity contribution in [3.05, 3.63) is 76.2 Å². The number of hydrogen-bond donors (Lipinski definition) is 1. The third-order valence-electron chi connectivity index (χ3n) is 4.35. The Balaban J connectivity index is 1.70. The van der Waals surface area contributed by atoms with Crippen LogP contribution >= 0.6 is 0 Å². The number of benzene rings is 1. The van der Waals surface area contributed by atoms with E-state index in [0.29, 0.717) is 6.54 Å². The minimum atomic E-state index is -4.41. The first kappa shape index (κ1) is 19.6. The van der Waals surface area contributed by atoms with E-state index >= 15 is 0 Å². The molecule has 3 rings (SSSR count). The third-order valence-corrected chi connectivity index (χ3v) is 4.35. The molecule has 0 amide bonds. The Morgan fingerprint density at radius 1 is 1.07 bits per heavy atom. The normalized spacial score (nSPS) is 11.9. The molecule has 3 aromatic rings. The second-order valence-electron chi connectivity index (χ2n) is 6.53. The van der Waals surface area contributed by atoms with Gasteiger partial charge in [0.05, 0.1) is 24.0 Å². The highest BCUT2D eigenvalue weighted by Gasteiger charge is 2.30. The molecular formula is C20H20F3N5. The van der Waals surface area contributed by atoms with Gasteiger partial charge < -0.3 is 0 Å². The van der Waals surface area contributed by atoms with Crippen molar-refractivity contribution in [2.24, 2.45) is 5.10 Å².